The number of nitrogens with zero attached hydrogens (tertiary/aromatic N) is 3. The molecule has 1 heterocycles. The number of halogens is 1. The third-order valence-electron chi connectivity index (χ3n) is 5.52. The molecule has 3 aromatic rings. The second-order valence-electron chi connectivity index (χ2n) is 7.87. The van der Waals surface area contributed by atoms with E-state index in [1.165, 1.54) is 6.07 Å². The highest BCUT2D eigenvalue weighted by Crippen LogP contribution is 2.35. The predicted octanol–water partition coefficient (Wildman–Crippen LogP) is 4.85. The predicted molar refractivity (Wildman–Crippen MR) is 115 cm³/mol. The number of hydrogen-bond acceptors (Lipinski definition) is 4. The van der Waals surface area contributed by atoms with E-state index in [4.69, 9.17) is 9.84 Å². The van der Waals surface area contributed by atoms with E-state index in [0.29, 0.717) is 31.4 Å². The molecule has 1 aromatic heterocycles. The normalized spacial score (nSPS) is 14.8. The summed E-state index contributed by atoms with van der Waals surface area (Å²) >= 11 is 0. The van der Waals surface area contributed by atoms with Crippen molar-refractivity contribution in [1.29, 1.82) is 0 Å². The molecule has 6 heteroatoms. The van der Waals surface area contributed by atoms with Crippen LogP contribution in [0.1, 0.15) is 37.4 Å². The van der Waals surface area contributed by atoms with Gasteiger partial charge < -0.3 is 9.84 Å². The van der Waals surface area contributed by atoms with Gasteiger partial charge in [-0.05, 0) is 50.5 Å². The quantitative estimate of drug-likeness (QED) is 0.549. The van der Waals surface area contributed by atoms with Crippen molar-refractivity contribution >= 4 is 0 Å². The maximum Gasteiger partial charge on any atom is 0.227 e. The van der Waals surface area contributed by atoms with Crippen molar-refractivity contribution in [3.05, 3.63) is 71.7 Å². The maximum atomic E-state index is 14.4. The first-order valence-electron chi connectivity index (χ1n) is 10.5. The Morgan fingerprint density at radius 1 is 1.17 bits per heavy atom. The number of rotatable bonds is 9. The Hall–Kier alpha value is -2.70. The van der Waals surface area contributed by atoms with E-state index in [1.54, 1.807) is 22.9 Å². The van der Waals surface area contributed by atoms with Gasteiger partial charge in [-0.2, -0.15) is 5.10 Å². The molecule has 4 rings (SSSR count). The average Bonchev–Trinajstić information content (AvgIpc) is 3.56. The van der Waals surface area contributed by atoms with Crippen LogP contribution in [0.25, 0.3) is 5.69 Å². The fourth-order valence-corrected chi connectivity index (χ4v) is 3.59. The van der Waals surface area contributed by atoms with E-state index in [1.807, 2.05) is 44.2 Å². The molecule has 0 aliphatic heterocycles. The van der Waals surface area contributed by atoms with E-state index >= 15 is 0 Å². The Labute approximate surface area is 176 Å². The zero-order valence-corrected chi connectivity index (χ0v) is 17.5. The molecule has 158 valence electrons. The van der Waals surface area contributed by atoms with Crippen molar-refractivity contribution in [2.75, 3.05) is 6.54 Å². The van der Waals surface area contributed by atoms with Crippen LogP contribution in [0.4, 0.5) is 4.39 Å². The summed E-state index contributed by atoms with van der Waals surface area (Å²) in [6.07, 6.45) is 2.60. The molecule has 1 aliphatic carbocycles. The molecule has 1 saturated carbocycles. The molecule has 30 heavy (non-hydrogen) atoms. The first kappa shape index (κ1) is 20.6. The van der Waals surface area contributed by atoms with Crippen LogP contribution in [0.2, 0.25) is 0 Å². The van der Waals surface area contributed by atoms with Crippen molar-refractivity contribution in [3.8, 4) is 17.3 Å². The summed E-state index contributed by atoms with van der Waals surface area (Å²) < 4.78 is 22.2. The first-order valence-corrected chi connectivity index (χ1v) is 10.5. The lowest BCUT2D eigenvalue weighted by Gasteiger charge is -2.25. The minimum Gasteiger partial charge on any atom is -0.435 e. The maximum absolute atomic E-state index is 14.4. The Balaban J connectivity index is 1.73. The molecule has 0 bridgehead atoms. The number of aliphatic hydroxyl groups is 1. The Bertz CT molecular complexity index is 985. The van der Waals surface area contributed by atoms with Crippen LogP contribution in [0, 0.1) is 12.7 Å². The highest BCUT2D eigenvalue weighted by molar-refractivity contribution is 5.43. The Morgan fingerprint density at radius 3 is 2.53 bits per heavy atom. The minimum absolute atomic E-state index is 0.169. The highest BCUT2D eigenvalue weighted by Gasteiger charge is 2.32. The summed E-state index contributed by atoms with van der Waals surface area (Å²) in [5, 5.41) is 15.0. The molecule has 0 radical (unpaired) electrons. The highest BCUT2D eigenvalue weighted by atomic mass is 19.1. The van der Waals surface area contributed by atoms with Crippen LogP contribution in [0.15, 0.2) is 54.6 Å². The molecule has 1 fully saturated rings. The third kappa shape index (κ3) is 4.55. The number of aliphatic hydroxyl groups excluding tert-OH is 1. The zero-order valence-electron chi connectivity index (χ0n) is 17.5. The second-order valence-corrected chi connectivity index (χ2v) is 7.87. The van der Waals surface area contributed by atoms with Gasteiger partial charge in [0.1, 0.15) is 0 Å². The standard InChI is InChI=1S/C24H28FN3O2/c1-3-20(29)15-27(18-13-14-18)16-21-17(2)26-28(19-9-5-4-6-10-19)24(21)30-23-12-8-7-11-22(23)25/h4-12,18,20,29H,3,13-16H2,1-2H3/t20-/m1/s1. The van der Waals surface area contributed by atoms with E-state index in [9.17, 15) is 9.50 Å². The molecule has 0 amide bonds. The number of aromatic nitrogens is 2. The summed E-state index contributed by atoms with van der Waals surface area (Å²) in [6, 6.07) is 16.6. The molecule has 5 nitrogen and oxygen atoms in total. The van der Waals surface area contributed by atoms with Crippen LogP contribution < -0.4 is 4.74 Å². The Morgan fingerprint density at radius 2 is 1.87 bits per heavy atom. The summed E-state index contributed by atoms with van der Waals surface area (Å²) in [5.74, 6) is 0.269. The van der Waals surface area contributed by atoms with Gasteiger partial charge in [0.2, 0.25) is 5.88 Å². The monoisotopic (exact) mass is 409 g/mol. The molecular weight excluding hydrogens is 381 g/mol. The van der Waals surface area contributed by atoms with Crippen molar-refractivity contribution in [1.82, 2.24) is 14.7 Å². The molecular formula is C24H28FN3O2. The Kier molecular flexibility index (Phi) is 6.16. The number of aryl methyl sites for hydroxylation is 1. The van der Waals surface area contributed by atoms with E-state index in [0.717, 1.165) is 29.8 Å². The summed E-state index contributed by atoms with van der Waals surface area (Å²) in [6.45, 7) is 5.14. The number of para-hydroxylation sites is 2. The molecule has 0 unspecified atom stereocenters. The lowest BCUT2D eigenvalue weighted by atomic mass is 10.2. The van der Waals surface area contributed by atoms with E-state index < -0.39 is 5.82 Å². The van der Waals surface area contributed by atoms with Crippen molar-refractivity contribution < 1.29 is 14.2 Å². The molecule has 1 aliphatic rings. The SMILES string of the molecule is CC[C@@H](O)CN(Cc1c(C)nn(-c2ccccc2)c1Oc1ccccc1F)C1CC1. The van der Waals surface area contributed by atoms with Gasteiger partial charge in [0.05, 0.1) is 23.0 Å². The van der Waals surface area contributed by atoms with Gasteiger partial charge in [-0.25, -0.2) is 9.07 Å². The van der Waals surface area contributed by atoms with Crippen molar-refractivity contribution in [2.24, 2.45) is 0 Å². The topological polar surface area (TPSA) is 50.5 Å². The minimum atomic E-state index is -0.414. The van der Waals surface area contributed by atoms with Crippen molar-refractivity contribution in [2.45, 2.75) is 51.8 Å². The third-order valence-corrected chi connectivity index (χ3v) is 5.52. The van der Waals surface area contributed by atoms with Gasteiger partial charge in [0.25, 0.3) is 0 Å². The molecule has 1 atom stereocenters. The average molecular weight is 410 g/mol. The summed E-state index contributed by atoms with van der Waals surface area (Å²) in [7, 11) is 0. The first-order chi connectivity index (χ1) is 14.6. The largest absolute Gasteiger partial charge is 0.435 e. The second kappa shape index (κ2) is 8.98. The zero-order chi connectivity index (χ0) is 21.1. The number of benzene rings is 2. The van der Waals surface area contributed by atoms with Crippen LogP contribution in [0.3, 0.4) is 0 Å². The molecule has 1 N–H and O–H groups in total. The molecule has 0 saturated heterocycles. The smallest absolute Gasteiger partial charge is 0.227 e. The lowest BCUT2D eigenvalue weighted by Crippen LogP contribution is -2.33. The van der Waals surface area contributed by atoms with Gasteiger partial charge in [-0.1, -0.05) is 37.3 Å². The van der Waals surface area contributed by atoms with Gasteiger partial charge in [-0.3, -0.25) is 4.90 Å². The number of hydrogen-bond donors (Lipinski definition) is 1. The van der Waals surface area contributed by atoms with Crippen LogP contribution >= 0.6 is 0 Å². The van der Waals surface area contributed by atoms with Gasteiger partial charge in [-0.15, -0.1) is 0 Å². The van der Waals surface area contributed by atoms with Gasteiger partial charge >= 0.3 is 0 Å². The van der Waals surface area contributed by atoms with E-state index in [2.05, 4.69) is 4.90 Å². The molecule has 2 aromatic carbocycles. The van der Waals surface area contributed by atoms with Crippen molar-refractivity contribution in [3.63, 3.8) is 0 Å². The summed E-state index contributed by atoms with van der Waals surface area (Å²) in [5.41, 5.74) is 2.60. The lowest BCUT2D eigenvalue weighted by molar-refractivity contribution is 0.100. The summed E-state index contributed by atoms with van der Waals surface area (Å²) in [4.78, 5) is 2.29. The van der Waals surface area contributed by atoms with E-state index in [-0.39, 0.29) is 11.9 Å². The fourth-order valence-electron chi connectivity index (χ4n) is 3.59. The number of ether oxygens (including phenoxy) is 1. The van der Waals surface area contributed by atoms with Gasteiger partial charge in [0, 0.05) is 19.1 Å². The van der Waals surface area contributed by atoms with Gasteiger partial charge in [0.15, 0.2) is 11.6 Å². The molecule has 0 spiro atoms. The van der Waals surface area contributed by atoms with Crippen LogP contribution in [0.5, 0.6) is 11.6 Å². The fraction of sp³-hybridized carbons (Fsp3) is 0.375. The van der Waals surface area contributed by atoms with Crippen LogP contribution in [-0.2, 0) is 6.54 Å². The van der Waals surface area contributed by atoms with Crippen LogP contribution in [-0.4, -0.2) is 38.5 Å².